The highest BCUT2D eigenvalue weighted by Gasteiger charge is 2.10. The zero-order valence-corrected chi connectivity index (χ0v) is 11.9. The molecule has 2 heterocycles. The van der Waals surface area contributed by atoms with E-state index >= 15 is 0 Å². The number of furan rings is 1. The molecule has 2 aromatic heterocycles. The van der Waals surface area contributed by atoms with Crippen LogP contribution in [0, 0.1) is 6.92 Å². The maximum Gasteiger partial charge on any atom is 0.158 e. The lowest BCUT2D eigenvalue weighted by Crippen LogP contribution is -2.20. The first-order valence-corrected chi connectivity index (χ1v) is 6.22. The number of nitrogens with one attached hydrogen (secondary N) is 1. The molecule has 0 aliphatic carbocycles. The topological polar surface area (TPSA) is 89.4 Å². The van der Waals surface area contributed by atoms with E-state index in [1.165, 1.54) is 0 Å². The number of aromatic nitrogens is 2. The number of nitrogen functional groups attached to an aromatic ring is 1. The molecule has 0 radical (unpaired) electrons. The molecule has 0 aliphatic heterocycles. The number of methoxy groups -OCH3 is 1. The summed E-state index contributed by atoms with van der Waals surface area (Å²) in [6.45, 7) is 2.86. The van der Waals surface area contributed by atoms with Gasteiger partial charge < -0.3 is 19.5 Å². The third kappa shape index (κ3) is 3.46. The van der Waals surface area contributed by atoms with Gasteiger partial charge in [0.1, 0.15) is 29.8 Å². The van der Waals surface area contributed by atoms with E-state index in [4.69, 9.17) is 15.0 Å². The van der Waals surface area contributed by atoms with Crippen LogP contribution >= 0.6 is 0 Å². The minimum absolute atomic E-state index is 0.330. The third-order valence-corrected chi connectivity index (χ3v) is 2.76. The van der Waals surface area contributed by atoms with Gasteiger partial charge in [-0.15, -0.1) is 0 Å². The number of hydrazine groups is 1. The Labute approximate surface area is 117 Å². The Bertz CT molecular complexity index is 570. The van der Waals surface area contributed by atoms with Crippen LogP contribution in [-0.2, 0) is 17.9 Å². The lowest BCUT2D eigenvalue weighted by atomic mass is 10.4. The van der Waals surface area contributed by atoms with Crippen molar-refractivity contribution < 1.29 is 9.15 Å². The maximum atomic E-state index is 5.56. The van der Waals surface area contributed by atoms with Crippen LogP contribution in [0.3, 0.4) is 0 Å². The molecule has 0 unspecified atom stereocenters. The Morgan fingerprint density at radius 3 is 2.80 bits per heavy atom. The van der Waals surface area contributed by atoms with E-state index in [1.807, 2.05) is 31.0 Å². The van der Waals surface area contributed by atoms with Gasteiger partial charge in [0.15, 0.2) is 5.82 Å². The van der Waals surface area contributed by atoms with Gasteiger partial charge in [-0.25, -0.2) is 15.8 Å². The Morgan fingerprint density at radius 1 is 1.40 bits per heavy atom. The smallest absolute Gasteiger partial charge is 0.158 e. The van der Waals surface area contributed by atoms with Crippen molar-refractivity contribution in [2.45, 2.75) is 20.1 Å². The molecule has 0 amide bonds. The molecule has 0 spiro atoms. The van der Waals surface area contributed by atoms with Crippen molar-refractivity contribution in [3.05, 3.63) is 35.5 Å². The van der Waals surface area contributed by atoms with Crippen LogP contribution < -0.4 is 16.2 Å². The molecule has 7 heteroatoms. The predicted octanol–water partition coefficient (Wildman–Crippen LogP) is 1.45. The van der Waals surface area contributed by atoms with Gasteiger partial charge in [-0.05, 0) is 19.1 Å². The highest BCUT2D eigenvalue weighted by Crippen LogP contribution is 2.18. The molecule has 20 heavy (non-hydrogen) atoms. The fourth-order valence-corrected chi connectivity index (χ4v) is 1.83. The minimum Gasteiger partial charge on any atom is -0.464 e. The third-order valence-electron chi connectivity index (χ3n) is 2.76. The van der Waals surface area contributed by atoms with Crippen LogP contribution in [-0.4, -0.2) is 24.1 Å². The molecule has 7 nitrogen and oxygen atoms in total. The van der Waals surface area contributed by atoms with E-state index in [2.05, 4.69) is 15.4 Å². The van der Waals surface area contributed by atoms with Crippen LogP contribution in [0.25, 0.3) is 0 Å². The van der Waals surface area contributed by atoms with Gasteiger partial charge in [0.25, 0.3) is 0 Å². The van der Waals surface area contributed by atoms with Crippen molar-refractivity contribution in [3.63, 3.8) is 0 Å². The second kappa shape index (κ2) is 6.36. The van der Waals surface area contributed by atoms with Gasteiger partial charge in [-0.1, -0.05) is 0 Å². The molecule has 2 rings (SSSR count). The van der Waals surface area contributed by atoms with Crippen molar-refractivity contribution in [2.75, 3.05) is 24.5 Å². The maximum absolute atomic E-state index is 5.56. The quantitative estimate of drug-likeness (QED) is 0.610. The van der Waals surface area contributed by atoms with Gasteiger partial charge in [0.05, 0.1) is 6.54 Å². The Kier molecular flexibility index (Phi) is 4.54. The summed E-state index contributed by atoms with van der Waals surface area (Å²) < 4.78 is 10.6. The zero-order chi connectivity index (χ0) is 14.5. The molecule has 0 fully saturated rings. The van der Waals surface area contributed by atoms with E-state index < -0.39 is 0 Å². The number of anilines is 2. The number of aryl methyl sites for hydroxylation is 1. The van der Waals surface area contributed by atoms with Crippen molar-refractivity contribution in [2.24, 2.45) is 5.84 Å². The second-order valence-electron chi connectivity index (χ2n) is 4.47. The number of rotatable bonds is 6. The van der Waals surface area contributed by atoms with E-state index in [-0.39, 0.29) is 0 Å². The lowest BCUT2D eigenvalue weighted by Gasteiger charge is -2.18. The molecule has 0 aliphatic rings. The summed E-state index contributed by atoms with van der Waals surface area (Å²) in [5, 5.41) is 0. The predicted molar refractivity (Wildman–Crippen MR) is 76.1 cm³/mol. The van der Waals surface area contributed by atoms with E-state index in [0.29, 0.717) is 24.8 Å². The Morgan fingerprint density at radius 2 is 2.20 bits per heavy atom. The van der Waals surface area contributed by atoms with Gasteiger partial charge >= 0.3 is 0 Å². The van der Waals surface area contributed by atoms with E-state index in [1.54, 1.807) is 13.2 Å². The van der Waals surface area contributed by atoms with Crippen LogP contribution in [0.15, 0.2) is 22.6 Å². The fraction of sp³-hybridized carbons (Fsp3) is 0.385. The van der Waals surface area contributed by atoms with Gasteiger partial charge in [0, 0.05) is 20.2 Å². The second-order valence-corrected chi connectivity index (χ2v) is 4.47. The van der Waals surface area contributed by atoms with Gasteiger partial charge in [-0.2, -0.15) is 0 Å². The molecular formula is C13H19N5O2. The first kappa shape index (κ1) is 14.3. The van der Waals surface area contributed by atoms with Crippen LogP contribution in [0.2, 0.25) is 0 Å². The van der Waals surface area contributed by atoms with Crippen molar-refractivity contribution in [1.29, 1.82) is 0 Å². The Hall–Kier alpha value is -2.12. The normalized spacial score (nSPS) is 10.6. The molecule has 0 saturated carbocycles. The Balaban J connectivity index is 2.19. The largest absolute Gasteiger partial charge is 0.464 e. The molecule has 0 bridgehead atoms. The zero-order valence-electron chi connectivity index (χ0n) is 11.9. The van der Waals surface area contributed by atoms with E-state index in [9.17, 15) is 0 Å². The highest BCUT2D eigenvalue weighted by molar-refractivity contribution is 5.48. The first-order valence-electron chi connectivity index (χ1n) is 6.22. The summed E-state index contributed by atoms with van der Waals surface area (Å²) in [6.07, 6.45) is 0. The SMILES string of the molecule is COCc1nc(NN)cc(N(C)Cc2ccc(C)o2)n1. The van der Waals surface area contributed by atoms with Gasteiger partial charge in [0.2, 0.25) is 0 Å². The number of nitrogens with two attached hydrogens (primary N) is 1. The molecule has 0 aromatic carbocycles. The van der Waals surface area contributed by atoms with Crippen molar-refractivity contribution in [1.82, 2.24) is 9.97 Å². The van der Waals surface area contributed by atoms with Crippen molar-refractivity contribution in [3.8, 4) is 0 Å². The minimum atomic E-state index is 0.330. The lowest BCUT2D eigenvalue weighted by molar-refractivity contribution is 0.178. The number of hydrogen-bond donors (Lipinski definition) is 2. The summed E-state index contributed by atoms with van der Waals surface area (Å²) in [4.78, 5) is 10.6. The molecule has 108 valence electrons. The number of nitrogens with zero attached hydrogens (tertiary/aromatic N) is 3. The van der Waals surface area contributed by atoms with Crippen LogP contribution in [0.4, 0.5) is 11.6 Å². The number of ether oxygens (including phenoxy) is 1. The summed E-state index contributed by atoms with van der Waals surface area (Å²) >= 11 is 0. The number of hydrogen-bond acceptors (Lipinski definition) is 7. The first-order chi connectivity index (χ1) is 9.62. The summed E-state index contributed by atoms with van der Waals surface area (Å²) in [7, 11) is 3.53. The average molecular weight is 277 g/mol. The monoisotopic (exact) mass is 277 g/mol. The molecule has 3 N–H and O–H groups in total. The molecule has 2 aromatic rings. The molecular weight excluding hydrogens is 258 g/mol. The van der Waals surface area contributed by atoms with Crippen molar-refractivity contribution >= 4 is 11.6 Å². The van der Waals surface area contributed by atoms with Crippen LogP contribution in [0.5, 0.6) is 0 Å². The fourth-order valence-electron chi connectivity index (χ4n) is 1.83. The average Bonchev–Trinajstić information content (AvgIpc) is 2.84. The molecule has 0 saturated heterocycles. The highest BCUT2D eigenvalue weighted by atomic mass is 16.5. The van der Waals surface area contributed by atoms with Gasteiger partial charge in [-0.3, -0.25) is 0 Å². The summed E-state index contributed by atoms with van der Waals surface area (Å²) in [5.41, 5.74) is 2.53. The molecule has 0 atom stereocenters. The summed E-state index contributed by atoms with van der Waals surface area (Å²) in [6, 6.07) is 5.66. The van der Waals surface area contributed by atoms with Crippen LogP contribution in [0.1, 0.15) is 17.3 Å². The van der Waals surface area contributed by atoms with E-state index in [0.717, 1.165) is 17.3 Å². The standard InChI is InChI=1S/C13H19N5O2/c1-9-4-5-10(20-9)7-18(2)13-6-11(17-14)15-12(16-13)8-19-3/h4-6H,7-8,14H2,1-3H3,(H,15,16,17). The summed E-state index contributed by atoms with van der Waals surface area (Å²) in [5.74, 6) is 9.05.